The molecule has 2 heterocycles. The first-order valence-electron chi connectivity index (χ1n) is 7.51. The molecule has 7 nitrogen and oxygen atoms in total. The number of rotatable bonds is 2. The van der Waals surface area contributed by atoms with E-state index in [9.17, 15) is 14.4 Å². The second-order valence-corrected chi connectivity index (χ2v) is 5.78. The Kier molecular flexibility index (Phi) is 5.03. The van der Waals surface area contributed by atoms with Crippen LogP contribution < -0.4 is 5.32 Å². The summed E-state index contributed by atoms with van der Waals surface area (Å²) in [5.74, 6) is -1.27. The predicted octanol–water partition coefficient (Wildman–Crippen LogP) is 0.361. The molecule has 0 aromatic rings. The average Bonchev–Trinajstić information content (AvgIpc) is 2.53. The highest BCUT2D eigenvalue weighted by molar-refractivity contribution is 5.79. The third-order valence-electron chi connectivity index (χ3n) is 4.42. The van der Waals surface area contributed by atoms with Gasteiger partial charge in [-0.05, 0) is 25.7 Å². The molecule has 1 unspecified atom stereocenters. The summed E-state index contributed by atoms with van der Waals surface area (Å²) in [6.07, 6.45) is 2.71. The Labute approximate surface area is 124 Å². The fourth-order valence-electron chi connectivity index (χ4n) is 3.09. The van der Waals surface area contributed by atoms with Crippen LogP contribution in [0.5, 0.6) is 0 Å². The van der Waals surface area contributed by atoms with Crippen LogP contribution in [0.15, 0.2) is 0 Å². The van der Waals surface area contributed by atoms with Crippen molar-refractivity contribution >= 4 is 17.9 Å². The number of carboxylic acid groups (broad SMARTS) is 1. The molecule has 2 aliphatic rings. The number of urea groups is 1. The third-order valence-corrected chi connectivity index (χ3v) is 4.42. The van der Waals surface area contributed by atoms with Crippen LogP contribution in [0.2, 0.25) is 0 Å². The molecule has 7 heteroatoms. The summed E-state index contributed by atoms with van der Waals surface area (Å²) in [5.41, 5.74) is 0. The highest BCUT2D eigenvalue weighted by Crippen LogP contribution is 2.22. The number of hydrogen-bond donors (Lipinski definition) is 2. The number of hydrogen-bond acceptors (Lipinski definition) is 3. The molecule has 0 aromatic carbocycles. The van der Waals surface area contributed by atoms with Gasteiger partial charge < -0.3 is 20.2 Å². The van der Waals surface area contributed by atoms with Crippen molar-refractivity contribution in [3.8, 4) is 0 Å². The summed E-state index contributed by atoms with van der Waals surface area (Å²) >= 11 is 0. The zero-order valence-electron chi connectivity index (χ0n) is 12.4. The summed E-state index contributed by atoms with van der Waals surface area (Å²) in [7, 11) is 1.62. The van der Waals surface area contributed by atoms with E-state index < -0.39 is 11.9 Å². The molecule has 21 heavy (non-hydrogen) atoms. The molecule has 0 bridgehead atoms. The van der Waals surface area contributed by atoms with Crippen LogP contribution in [-0.2, 0) is 9.59 Å². The number of likely N-dealkylation sites (tertiary alicyclic amines) is 2. The first kappa shape index (κ1) is 15.6. The van der Waals surface area contributed by atoms with Crippen molar-refractivity contribution in [3.63, 3.8) is 0 Å². The van der Waals surface area contributed by atoms with Crippen LogP contribution in [0.4, 0.5) is 4.79 Å². The maximum Gasteiger partial charge on any atom is 0.320 e. The number of carbonyl (C=O) groups excluding carboxylic acids is 2. The molecule has 0 spiro atoms. The molecule has 0 radical (unpaired) electrons. The number of aliphatic carboxylic acids is 1. The van der Waals surface area contributed by atoms with Crippen LogP contribution in [0, 0.1) is 11.8 Å². The van der Waals surface area contributed by atoms with Crippen LogP contribution in [0.25, 0.3) is 0 Å². The summed E-state index contributed by atoms with van der Waals surface area (Å²) in [5, 5.41) is 11.7. The lowest BCUT2D eigenvalue weighted by Crippen LogP contribution is -2.51. The van der Waals surface area contributed by atoms with Crippen molar-refractivity contribution in [2.24, 2.45) is 11.8 Å². The number of carboxylic acids is 1. The molecule has 2 aliphatic heterocycles. The van der Waals surface area contributed by atoms with Crippen LogP contribution in [0.3, 0.4) is 0 Å². The average molecular weight is 297 g/mol. The van der Waals surface area contributed by atoms with E-state index >= 15 is 0 Å². The zero-order valence-corrected chi connectivity index (χ0v) is 12.4. The van der Waals surface area contributed by atoms with Crippen LogP contribution in [0.1, 0.15) is 25.7 Å². The van der Waals surface area contributed by atoms with E-state index in [1.165, 1.54) is 0 Å². The van der Waals surface area contributed by atoms with E-state index in [1.807, 2.05) is 0 Å². The van der Waals surface area contributed by atoms with Gasteiger partial charge in [0.05, 0.1) is 5.92 Å². The largest absolute Gasteiger partial charge is 0.481 e. The van der Waals surface area contributed by atoms with Gasteiger partial charge in [0.2, 0.25) is 5.91 Å². The fraction of sp³-hybridized carbons (Fsp3) is 0.786. The quantitative estimate of drug-likeness (QED) is 0.770. The Morgan fingerprint density at radius 1 is 1.00 bits per heavy atom. The van der Waals surface area contributed by atoms with Gasteiger partial charge in [0, 0.05) is 39.1 Å². The highest BCUT2D eigenvalue weighted by Gasteiger charge is 2.33. The molecular weight excluding hydrogens is 274 g/mol. The van der Waals surface area contributed by atoms with Gasteiger partial charge >= 0.3 is 12.0 Å². The van der Waals surface area contributed by atoms with E-state index in [0.717, 1.165) is 6.42 Å². The number of nitrogens with zero attached hydrogens (tertiary/aromatic N) is 2. The normalized spacial score (nSPS) is 23.8. The maximum absolute atomic E-state index is 12.4. The summed E-state index contributed by atoms with van der Waals surface area (Å²) in [6, 6.07) is -0.0868. The maximum atomic E-state index is 12.4. The second kappa shape index (κ2) is 6.78. The Morgan fingerprint density at radius 2 is 1.67 bits per heavy atom. The topological polar surface area (TPSA) is 90.0 Å². The second-order valence-electron chi connectivity index (χ2n) is 5.78. The van der Waals surface area contributed by atoms with Gasteiger partial charge in [0.25, 0.3) is 0 Å². The number of amides is 3. The molecule has 118 valence electrons. The minimum Gasteiger partial charge on any atom is -0.481 e. The van der Waals surface area contributed by atoms with Gasteiger partial charge in [-0.1, -0.05) is 0 Å². The Morgan fingerprint density at radius 3 is 2.24 bits per heavy atom. The number of piperidine rings is 2. The summed E-state index contributed by atoms with van der Waals surface area (Å²) < 4.78 is 0. The van der Waals surface area contributed by atoms with E-state index in [4.69, 9.17) is 5.11 Å². The summed E-state index contributed by atoms with van der Waals surface area (Å²) in [6.45, 7) is 2.04. The van der Waals surface area contributed by atoms with E-state index in [2.05, 4.69) is 5.32 Å². The van der Waals surface area contributed by atoms with E-state index in [1.54, 1.807) is 16.8 Å². The number of carbonyl (C=O) groups is 3. The Bertz CT molecular complexity index is 418. The first-order chi connectivity index (χ1) is 10.0. The Balaban J connectivity index is 1.87. The molecule has 0 saturated carbocycles. The summed E-state index contributed by atoms with van der Waals surface area (Å²) in [4.78, 5) is 38.4. The minimum atomic E-state index is -0.828. The lowest BCUT2D eigenvalue weighted by molar-refractivity contribution is -0.143. The van der Waals surface area contributed by atoms with Gasteiger partial charge in [0.15, 0.2) is 0 Å². The molecule has 2 rings (SSSR count). The predicted molar refractivity (Wildman–Crippen MR) is 75.7 cm³/mol. The minimum absolute atomic E-state index is 0.0211. The first-order valence-corrected chi connectivity index (χ1v) is 7.51. The Hall–Kier alpha value is -1.79. The van der Waals surface area contributed by atoms with Gasteiger partial charge in [-0.25, -0.2) is 4.79 Å². The van der Waals surface area contributed by atoms with Crippen molar-refractivity contribution in [1.29, 1.82) is 0 Å². The fourth-order valence-corrected chi connectivity index (χ4v) is 3.09. The lowest BCUT2D eigenvalue weighted by atomic mass is 9.95. The SMILES string of the molecule is CNC(=O)C1CCN(C(=O)N2CCCC(C(=O)O)C2)CC1. The molecule has 2 saturated heterocycles. The molecule has 0 aliphatic carbocycles. The van der Waals surface area contributed by atoms with Crippen molar-refractivity contribution < 1.29 is 19.5 Å². The smallest absolute Gasteiger partial charge is 0.320 e. The van der Waals surface area contributed by atoms with E-state index in [-0.39, 0.29) is 17.9 Å². The lowest BCUT2D eigenvalue weighted by Gasteiger charge is -2.38. The highest BCUT2D eigenvalue weighted by atomic mass is 16.4. The molecule has 0 aromatic heterocycles. The van der Waals surface area contributed by atoms with Crippen molar-refractivity contribution in [2.75, 3.05) is 33.2 Å². The van der Waals surface area contributed by atoms with Crippen LogP contribution in [-0.4, -0.2) is 66.0 Å². The molecule has 3 amide bonds. The van der Waals surface area contributed by atoms with Crippen molar-refractivity contribution in [1.82, 2.24) is 15.1 Å². The van der Waals surface area contributed by atoms with Gasteiger partial charge in [0.1, 0.15) is 0 Å². The van der Waals surface area contributed by atoms with Crippen LogP contribution >= 0.6 is 0 Å². The van der Waals surface area contributed by atoms with Gasteiger partial charge in [-0.15, -0.1) is 0 Å². The standard InChI is InChI=1S/C14H23N3O4/c1-15-12(18)10-4-7-16(8-5-10)14(21)17-6-2-3-11(9-17)13(19)20/h10-11H,2-9H2,1H3,(H,15,18)(H,19,20). The van der Waals surface area contributed by atoms with Crippen molar-refractivity contribution in [2.45, 2.75) is 25.7 Å². The van der Waals surface area contributed by atoms with Crippen molar-refractivity contribution in [3.05, 3.63) is 0 Å². The number of nitrogens with one attached hydrogen (secondary N) is 1. The third kappa shape index (κ3) is 3.65. The molecule has 1 atom stereocenters. The molecular formula is C14H23N3O4. The monoisotopic (exact) mass is 297 g/mol. The molecule has 2 fully saturated rings. The zero-order chi connectivity index (χ0) is 15.4. The van der Waals surface area contributed by atoms with Gasteiger partial charge in [-0.3, -0.25) is 9.59 Å². The van der Waals surface area contributed by atoms with Gasteiger partial charge in [-0.2, -0.15) is 0 Å². The molecule has 2 N–H and O–H groups in total. The van der Waals surface area contributed by atoms with E-state index in [0.29, 0.717) is 45.4 Å².